The lowest BCUT2D eigenvalue weighted by molar-refractivity contribution is 0.0691. The summed E-state index contributed by atoms with van der Waals surface area (Å²) >= 11 is 1.18. The van der Waals surface area contributed by atoms with Crippen LogP contribution in [0.2, 0.25) is 0 Å². The van der Waals surface area contributed by atoms with Gasteiger partial charge in [-0.1, -0.05) is 51.1 Å². The molecule has 1 aromatic heterocycles. The summed E-state index contributed by atoms with van der Waals surface area (Å²) in [7, 11) is -2.95. The van der Waals surface area contributed by atoms with E-state index in [9.17, 15) is 17.6 Å². The van der Waals surface area contributed by atoms with Crippen molar-refractivity contribution in [1.29, 1.82) is 0 Å². The molecule has 3 aromatic rings. The highest BCUT2D eigenvalue weighted by atomic mass is 32.2. The van der Waals surface area contributed by atoms with E-state index < -0.39 is 27.4 Å². The minimum Gasteiger partial charge on any atom is -0.495 e. The number of methoxy groups -OCH3 is 1. The second-order valence-corrected chi connectivity index (χ2v) is 12.6. The Hall–Kier alpha value is -3.24. The molecule has 2 N–H and O–H groups in total. The Balaban J connectivity index is 1.52. The molecule has 0 bridgehead atoms. The van der Waals surface area contributed by atoms with Crippen LogP contribution in [0.15, 0.2) is 52.9 Å². The highest BCUT2D eigenvalue weighted by Crippen LogP contribution is 2.40. The molecule has 10 heteroatoms. The third kappa shape index (κ3) is 5.86. The van der Waals surface area contributed by atoms with Crippen molar-refractivity contribution in [2.24, 2.45) is 11.3 Å². The van der Waals surface area contributed by atoms with E-state index in [1.54, 1.807) is 0 Å². The van der Waals surface area contributed by atoms with E-state index in [0.717, 1.165) is 42.5 Å². The molecule has 0 fully saturated rings. The minimum atomic E-state index is -4.18. The third-order valence-electron chi connectivity index (χ3n) is 6.66. The first-order chi connectivity index (χ1) is 17.4. The number of benzene rings is 2. The lowest BCUT2D eigenvalue weighted by Crippen LogP contribution is -2.21. The normalized spacial score (nSPS) is 16.2. The van der Waals surface area contributed by atoms with Gasteiger partial charge in [0.05, 0.1) is 18.4 Å². The number of hydrogen-bond donors (Lipinski definition) is 2. The van der Waals surface area contributed by atoms with E-state index in [4.69, 9.17) is 9.84 Å². The molecule has 1 aliphatic rings. The molecule has 7 nitrogen and oxygen atoms in total. The molecule has 2 aromatic carbocycles. The standard InChI is InChI=1S/C27H29FN2O5S2/c1-27(2,3)19-11-9-17(10-12-19)16-5-7-18(8-6-16)25-29-24(15-36-25)37(33,34)30-22-14-21(28)20(26(31)32)13-23(22)35-4/h5-9,13-15,19,30H,10-12H2,1-4H3,(H,31,32). The Kier molecular flexibility index (Phi) is 7.43. The number of rotatable bonds is 7. The molecule has 0 amide bonds. The summed E-state index contributed by atoms with van der Waals surface area (Å²) in [5, 5.41) is 10.8. The predicted octanol–water partition coefficient (Wildman–Crippen LogP) is 6.69. The Morgan fingerprint density at radius 1 is 1.19 bits per heavy atom. The van der Waals surface area contributed by atoms with Crippen LogP contribution >= 0.6 is 11.3 Å². The topological polar surface area (TPSA) is 106 Å². The van der Waals surface area contributed by atoms with E-state index in [-0.39, 0.29) is 16.5 Å². The quantitative estimate of drug-likeness (QED) is 0.343. The average Bonchev–Trinajstić information content (AvgIpc) is 3.35. The Morgan fingerprint density at radius 3 is 2.43 bits per heavy atom. The van der Waals surface area contributed by atoms with Gasteiger partial charge in [-0.05, 0) is 47.8 Å². The van der Waals surface area contributed by atoms with Gasteiger partial charge in [-0.2, -0.15) is 8.42 Å². The summed E-state index contributed by atoms with van der Waals surface area (Å²) in [6.07, 6.45) is 5.58. The molecule has 37 heavy (non-hydrogen) atoms. The zero-order valence-corrected chi connectivity index (χ0v) is 22.7. The summed E-state index contributed by atoms with van der Waals surface area (Å²) in [5.74, 6) is -2.04. The van der Waals surface area contributed by atoms with Crippen LogP contribution in [-0.2, 0) is 10.0 Å². The number of nitrogens with zero attached hydrogens (tertiary/aromatic N) is 1. The highest BCUT2D eigenvalue weighted by molar-refractivity contribution is 7.92. The van der Waals surface area contributed by atoms with E-state index in [1.807, 2.05) is 24.3 Å². The molecule has 1 atom stereocenters. The van der Waals surface area contributed by atoms with E-state index >= 15 is 0 Å². The van der Waals surface area contributed by atoms with Gasteiger partial charge in [0.2, 0.25) is 0 Å². The summed E-state index contributed by atoms with van der Waals surface area (Å²) in [6.45, 7) is 6.85. The van der Waals surface area contributed by atoms with Gasteiger partial charge in [-0.3, -0.25) is 4.72 Å². The first kappa shape index (κ1) is 26.8. The molecule has 1 unspecified atom stereocenters. The number of anilines is 1. The van der Waals surface area contributed by atoms with Gasteiger partial charge in [0.15, 0.2) is 5.03 Å². The number of allylic oxidation sites excluding steroid dienone is 2. The van der Waals surface area contributed by atoms with Gasteiger partial charge in [0.25, 0.3) is 10.0 Å². The van der Waals surface area contributed by atoms with Crippen LogP contribution in [0.4, 0.5) is 10.1 Å². The largest absolute Gasteiger partial charge is 0.495 e. The van der Waals surface area contributed by atoms with E-state index in [0.29, 0.717) is 16.3 Å². The number of aromatic nitrogens is 1. The van der Waals surface area contributed by atoms with Crippen LogP contribution in [0.5, 0.6) is 5.75 Å². The number of carbonyl (C=O) groups is 1. The molecule has 0 radical (unpaired) electrons. The third-order valence-corrected chi connectivity index (χ3v) is 8.95. The fourth-order valence-corrected chi connectivity index (χ4v) is 6.55. The smallest absolute Gasteiger partial charge is 0.338 e. The molecule has 0 saturated carbocycles. The molecule has 1 heterocycles. The summed E-state index contributed by atoms with van der Waals surface area (Å²) in [5.41, 5.74) is 2.71. The number of aromatic carboxylic acids is 1. The maximum Gasteiger partial charge on any atom is 0.338 e. The fourth-order valence-electron chi connectivity index (χ4n) is 4.39. The maximum absolute atomic E-state index is 14.2. The Morgan fingerprint density at radius 2 is 1.86 bits per heavy atom. The van der Waals surface area contributed by atoms with Crippen LogP contribution in [0.1, 0.15) is 56.0 Å². The minimum absolute atomic E-state index is 0.126. The monoisotopic (exact) mass is 544 g/mol. The molecule has 0 spiro atoms. The van der Waals surface area contributed by atoms with Crippen molar-refractivity contribution in [1.82, 2.24) is 4.98 Å². The van der Waals surface area contributed by atoms with Gasteiger partial charge >= 0.3 is 5.97 Å². The van der Waals surface area contributed by atoms with Gasteiger partial charge in [-0.25, -0.2) is 14.2 Å². The second-order valence-electron chi connectivity index (χ2n) is 10.1. The number of nitrogens with one attached hydrogen (secondary N) is 1. The first-order valence-electron chi connectivity index (χ1n) is 11.8. The van der Waals surface area contributed by atoms with Crippen molar-refractivity contribution in [2.75, 3.05) is 11.8 Å². The fraction of sp³-hybridized carbons (Fsp3) is 0.333. The number of hydrogen-bond acceptors (Lipinski definition) is 6. The molecular formula is C27H29FN2O5S2. The van der Waals surface area contributed by atoms with Crippen LogP contribution < -0.4 is 9.46 Å². The van der Waals surface area contributed by atoms with Crippen molar-refractivity contribution < 1.29 is 27.4 Å². The van der Waals surface area contributed by atoms with Gasteiger partial charge in [0.1, 0.15) is 16.6 Å². The number of carboxylic acid groups (broad SMARTS) is 1. The van der Waals surface area contributed by atoms with Crippen LogP contribution in [0.3, 0.4) is 0 Å². The zero-order valence-electron chi connectivity index (χ0n) is 21.0. The highest BCUT2D eigenvalue weighted by Gasteiger charge is 2.27. The molecule has 0 saturated heterocycles. The molecule has 196 valence electrons. The lowest BCUT2D eigenvalue weighted by atomic mass is 9.72. The van der Waals surface area contributed by atoms with Crippen molar-refractivity contribution in [3.05, 3.63) is 64.8 Å². The Bertz CT molecular complexity index is 1450. The first-order valence-corrected chi connectivity index (χ1v) is 14.1. The van der Waals surface area contributed by atoms with Crippen molar-refractivity contribution in [2.45, 2.75) is 45.1 Å². The maximum atomic E-state index is 14.2. The molecular weight excluding hydrogens is 515 g/mol. The number of sulfonamides is 1. The van der Waals surface area contributed by atoms with Crippen LogP contribution in [0, 0.1) is 17.2 Å². The van der Waals surface area contributed by atoms with Crippen molar-refractivity contribution in [3.8, 4) is 16.3 Å². The lowest BCUT2D eigenvalue weighted by Gasteiger charge is -2.33. The summed E-state index contributed by atoms with van der Waals surface area (Å²) in [6, 6.07) is 9.62. The van der Waals surface area contributed by atoms with Gasteiger partial charge in [0, 0.05) is 17.0 Å². The molecule has 0 aliphatic heterocycles. The number of thiazole rings is 1. The Labute approximate surface area is 220 Å². The predicted molar refractivity (Wildman–Crippen MR) is 143 cm³/mol. The molecule has 1 aliphatic carbocycles. The number of ether oxygens (including phenoxy) is 1. The molecule has 4 rings (SSSR count). The zero-order chi connectivity index (χ0) is 27.0. The number of carboxylic acids is 1. The van der Waals surface area contributed by atoms with Gasteiger partial charge in [-0.15, -0.1) is 11.3 Å². The van der Waals surface area contributed by atoms with E-state index in [1.165, 1.54) is 29.4 Å². The van der Waals surface area contributed by atoms with Gasteiger partial charge < -0.3 is 9.84 Å². The van der Waals surface area contributed by atoms with Crippen molar-refractivity contribution in [3.63, 3.8) is 0 Å². The number of halogens is 1. The average molecular weight is 545 g/mol. The SMILES string of the molecule is COc1cc(C(=O)O)c(F)cc1NS(=O)(=O)c1csc(-c2ccc(C3=CCC(C(C)(C)C)CC3)cc2)n1. The van der Waals surface area contributed by atoms with E-state index in [2.05, 4.69) is 36.6 Å². The second kappa shape index (κ2) is 10.3. The summed E-state index contributed by atoms with van der Waals surface area (Å²) < 4.78 is 47.3. The van der Waals surface area contributed by atoms with Crippen LogP contribution in [0.25, 0.3) is 16.1 Å². The van der Waals surface area contributed by atoms with Crippen molar-refractivity contribution >= 4 is 38.6 Å². The van der Waals surface area contributed by atoms with Crippen LogP contribution in [-0.4, -0.2) is 31.6 Å². The summed E-state index contributed by atoms with van der Waals surface area (Å²) in [4.78, 5) is 15.4.